The first-order valence-electron chi connectivity index (χ1n) is 4.04. The van der Waals surface area contributed by atoms with Gasteiger partial charge >= 0.3 is 5.97 Å². The molecule has 0 aliphatic heterocycles. The van der Waals surface area contributed by atoms with Crippen LogP contribution in [0.25, 0.3) is 0 Å². The Bertz CT molecular complexity index is 447. The molecular weight excluding hydrogens is 238 g/mol. The van der Waals surface area contributed by atoms with Gasteiger partial charge < -0.3 is 9.66 Å². The fraction of sp³-hybridized carbons (Fsp3) is 0.250. The third kappa shape index (κ3) is 10.6. The highest BCUT2D eigenvalue weighted by molar-refractivity contribution is 7.79. The quantitative estimate of drug-likeness (QED) is 0.409. The highest BCUT2D eigenvalue weighted by Gasteiger charge is 2.05. The van der Waals surface area contributed by atoms with Crippen molar-refractivity contribution in [1.82, 2.24) is 0 Å². The molecule has 1 rings (SSSR count). The summed E-state index contributed by atoms with van der Waals surface area (Å²) >= 11 is 0. The van der Waals surface area contributed by atoms with Gasteiger partial charge in [0.25, 0.3) is 0 Å². The van der Waals surface area contributed by atoms with E-state index in [0.29, 0.717) is 0 Å². The Morgan fingerprint density at radius 1 is 1.56 bits per heavy atom. The van der Waals surface area contributed by atoms with Crippen LogP contribution in [0.4, 0.5) is 0 Å². The fourth-order valence-electron chi connectivity index (χ4n) is 0.908. The number of aromatic nitrogens is 1. The predicted molar refractivity (Wildman–Crippen MR) is 51.3 cm³/mol. The molecule has 0 saturated heterocycles. The zero-order valence-corrected chi connectivity index (χ0v) is 9.22. The number of hydrogen-bond donors (Lipinski definition) is 2. The lowest BCUT2D eigenvalue weighted by molar-refractivity contribution is -0.686. The molecule has 0 aliphatic carbocycles. The van der Waals surface area contributed by atoms with Gasteiger partial charge in [-0.25, -0.2) is 13.2 Å². The first-order valence-corrected chi connectivity index (χ1v) is 5.41. The number of aryl methyl sites for hydroxylation is 1. The monoisotopic (exact) mass is 249 g/mol. The van der Waals surface area contributed by atoms with Crippen LogP contribution in [-0.4, -0.2) is 28.6 Å². The fourth-order valence-corrected chi connectivity index (χ4v) is 0.908. The standard InChI is InChI=1S/C8H9NO2.H2O4S/c1-7-3-2-4-9(5-7)6-8(10)11;1-5(2,3)4/h2-5H,6H2,1H3;(H2,1,2,3,4). The maximum absolute atomic E-state index is 10.3. The molecule has 8 heteroatoms. The van der Waals surface area contributed by atoms with Gasteiger partial charge in [0.15, 0.2) is 12.4 Å². The molecule has 0 fully saturated rings. The lowest BCUT2D eigenvalue weighted by Crippen LogP contribution is -2.37. The highest BCUT2D eigenvalue weighted by Crippen LogP contribution is 1.88. The Morgan fingerprint density at radius 2 is 2.06 bits per heavy atom. The Labute approximate surface area is 92.5 Å². The first-order chi connectivity index (χ1) is 7.18. The van der Waals surface area contributed by atoms with E-state index in [2.05, 4.69) is 0 Å². The van der Waals surface area contributed by atoms with Gasteiger partial charge in [0.1, 0.15) is 0 Å². The van der Waals surface area contributed by atoms with Crippen LogP contribution in [0.15, 0.2) is 24.5 Å². The average Bonchev–Trinajstić information content (AvgIpc) is 1.98. The summed E-state index contributed by atoms with van der Waals surface area (Å²) in [6, 6.07) is 3.76. The van der Waals surface area contributed by atoms with Crippen LogP contribution in [0.3, 0.4) is 0 Å². The molecule has 2 N–H and O–H groups in total. The Morgan fingerprint density at radius 3 is 2.44 bits per heavy atom. The van der Waals surface area contributed by atoms with Crippen molar-refractivity contribution < 1.29 is 32.0 Å². The molecule has 0 radical (unpaired) electrons. The minimum atomic E-state index is -4.92. The summed E-state index contributed by atoms with van der Waals surface area (Å²) < 4.78 is 34.5. The van der Waals surface area contributed by atoms with Crippen molar-refractivity contribution in [2.75, 3.05) is 0 Å². The molecule has 1 aromatic rings. The van der Waals surface area contributed by atoms with Crippen molar-refractivity contribution in [3.63, 3.8) is 0 Å². The number of carboxylic acids is 1. The first kappa shape index (κ1) is 14.5. The number of aliphatic carboxylic acids is 1. The van der Waals surface area contributed by atoms with E-state index in [-0.39, 0.29) is 6.54 Å². The molecule has 0 unspecified atom stereocenters. The van der Waals surface area contributed by atoms with Crippen molar-refractivity contribution in [3.05, 3.63) is 30.1 Å². The SMILES string of the molecule is Cc1ccc[n+](CC(=O)O)c1.O=S(=O)([O-])O. The number of carbonyl (C=O) groups is 1. The van der Waals surface area contributed by atoms with E-state index in [9.17, 15) is 4.79 Å². The lowest BCUT2D eigenvalue weighted by Gasteiger charge is -1.91. The van der Waals surface area contributed by atoms with E-state index in [0.717, 1.165) is 5.56 Å². The zero-order valence-electron chi connectivity index (χ0n) is 8.40. The minimum absolute atomic E-state index is 0.0294. The summed E-state index contributed by atoms with van der Waals surface area (Å²) in [4.78, 5) is 10.3. The molecule has 1 aromatic heterocycles. The summed E-state index contributed by atoms with van der Waals surface area (Å²) in [6.45, 7) is 1.96. The van der Waals surface area contributed by atoms with Gasteiger partial charge in [0.05, 0.1) is 0 Å². The second-order valence-corrected chi connectivity index (χ2v) is 3.73. The average molecular weight is 249 g/mol. The molecule has 90 valence electrons. The van der Waals surface area contributed by atoms with Gasteiger partial charge in [-0.05, 0) is 13.0 Å². The van der Waals surface area contributed by atoms with Crippen LogP contribution < -0.4 is 4.57 Å². The molecule has 0 aromatic carbocycles. The second kappa shape index (κ2) is 6.16. The van der Waals surface area contributed by atoms with Crippen LogP contribution in [0.1, 0.15) is 5.56 Å². The molecular formula is C8H11NO6S. The summed E-state index contributed by atoms with van der Waals surface area (Å²) in [7, 11) is -4.92. The van der Waals surface area contributed by atoms with Crippen molar-refractivity contribution in [1.29, 1.82) is 0 Å². The van der Waals surface area contributed by atoms with Crippen LogP contribution in [-0.2, 0) is 21.7 Å². The van der Waals surface area contributed by atoms with Gasteiger partial charge in [0.2, 0.25) is 16.9 Å². The molecule has 0 aliphatic rings. The van der Waals surface area contributed by atoms with Gasteiger partial charge in [-0.1, -0.05) is 0 Å². The maximum Gasteiger partial charge on any atom is 0.370 e. The summed E-state index contributed by atoms with van der Waals surface area (Å²) in [5.41, 5.74) is 1.06. The number of hydrogen-bond acceptors (Lipinski definition) is 4. The smallest absolute Gasteiger partial charge is 0.370 e. The second-order valence-electron chi connectivity index (χ2n) is 2.88. The number of pyridine rings is 1. The summed E-state index contributed by atoms with van der Waals surface area (Å²) in [5, 5.41) is 8.44. The molecule has 7 nitrogen and oxygen atoms in total. The van der Waals surface area contributed by atoms with E-state index in [1.54, 1.807) is 17.0 Å². The van der Waals surface area contributed by atoms with Crippen molar-refractivity contribution >= 4 is 16.4 Å². The molecule has 16 heavy (non-hydrogen) atoms. The Hall–Kier alpha value is -1.51. The number of nitrogens with zero attached hydrogens (tertiary/aromatic N) is 1. The van der Waals surface area contributed by atoms with E-state index in [4.69, 9.17) is 22.6 Å². The number of carboxylic acid groups (broad SMARTS) is 1. The summed E-state index contributed by atoms with van der Waals surface area (Å²) in [5.74, 6) is -0.819. The van der Waals surface area contributed by atoms with Gasteiger partial charge in [0, 0.05) is 11.6 Å². The van der Waals surface area contributed by atoms with Gasteiger partial charge in [-0.15, -0.1) is 0 Å². The molecule has 0 spiro atoms. The van der Waals surface area contributed by atoms with Crippen LogP contribution in [0, 0.1) is 6.92 Å². The normalized spacial score (nSPS) is 10.2. The van der Waals surface area contributed by atoms with Gasteiger partial charge in [-0.2, -0.15) is 4.57 Å². The molecule has 0 amide bonds. The van der Waals surface area contributed by atoms with Crippen LogP contribution in [0.2, 0.25) is 0 Å². The van der Waals surface area contributed by atoms with Crippen LogP contribution >= 0.6 is 0 Å². The van der Waals surface area contributed by atoms with Crippen molar-refractivity contribution in [2.45, 2.75) is 13.5 Å². The third-order valence-corrected chi connectivity index (χ3v) is 1.32. The van der Waals surface area contributed by atoms with Crippen LogP contribution in [0.5, 0.6) is 0 Å². The molecule has 0 saturated carbocycles. The zero-order chi connectivity index (χ0) is 12.8. The Kier molecular flexibility index (Phi) is 5.57. The molecule has 0 bridgehead atoms. The van der Waals surface area contributed by atoms with Gasteiger partial charge in [-0.3, -0.25) is 4.55 Å². The van der Waals surface area contributed by atoms with E-state index < -0.39 is 16.4 Å². The lowest BCUT2D eigenvalue weighted by atomic mass is 10.3. The van der Waals surface area contributed by atoms with Crippen molar-refractivity contribution in [2.24, 2.45) is 0 Å². The Balaban J connectivity index is 0.000000385. The highest BCUT2D eigenvalue weighted by atomic mass is 32.3. The maximum atomic E-state index is 10.3. The third-order valence-electron chi connectivity index (χ3n) is 1.32. The topological polar surface area (TPSA) is 119 Å². The largest absolute Gasteiger partial charge is 0.726 e. The van der Waals surface area contributed by atoms with Crippen molar-refractivity contribution in [3.8, 4) is 0 Å². The van der Waals surface area contributed by atoms with E-state index >= 15 is 0 Å². The number of rotatable bonds is 2. The van der Waals surface area contributed by atoms with E-state index in [1.807, 2.05) is 19.1 Å². The predicted octanol–water partition coefficient (Wildman–Crippen LogP) is -0.628. The molecule has 0 atom stereocenters. The van der Waals surface area contributed by atoms with E-state index in [1.165, 1.54) is 0 Å². The summed E-state index contributed by atoms with van der Waals surface area (Å²) in [6.07, 6.45) is 3.54. The molecule has 1 heterocycles. The minimum Gasteiger partial charge on any atom is -0.726 e.